The van der Waals surface area contributed by atoms with Gasteiger partial charge in [-0.05, 0) is 24.7 Å². The highest BCUT2D eigenvalue weighted by Crippen LogP contribution is 2.36. The van der Waals surface area contributed by atoms with Crippen LogP contribution < -0.4 is 0 Å². The summed E-state index contributed by atoms with van der Waals surface area (Å²) >= 11 is 0. The smallest absolute Gasteiger partial charge is 0.308 e. The number of carbonyl (C=O) groups is 3. The number of rotatable bonds is 4. The Hall–Kier alpha value is -1.65. The monoisotopic (exact) mass is 293 g/mol. The molecule has 0 saturated carbocycles. The molecule has 5 heteroatoms. The molecule has 2 aliphatic rings. The molecule has 0 radical (unpaired) electrons. The van der Waals surface area contributed by atoms with Gasteiger partial charge in [0.25, 0.3) is 0 Å². The lowest BCUT2D eigenvalue weighted by atomic mass is 9.84. The van der Waals surface area contributed by atoms with Crippen molar-refractivity contribution < 1.29 is 19.5 Å². The van der Waals surface area contributed by atoms with Crippen LogP contribution in [0.2, 0.25) is 0 Å². The molecule has 0 aromatic rings. The second-order valence-electron chi connectivity index (χ2n) is 7.24. The molecule has 1 saturated heterocycles. The number of aliphatic carboxylic acids is 1. The number of likely N-dealkylation sites (tertiary alicyclic amines) is 1. The Morgan fingerprint density at radius 3 is 2.10 bits per heavy atom. The summed E-state index contributed by atoms with van der Waals surface area (Å²) in [6.07, 6.45) is 5.47. The van der Waals surface area contributed by atoms with E-state index in [9.17, 15) is 19.5 Å². The molecule has 3 atom stereocenters. The zero-order valence-corrected chi connectivity index (χ0v) is 12.8. The van der Waals surface area contributed by atoms with Crippen LogP contribution in [0.25, 0.3) is 0 Å². The Labute approximate surface area is 125 Å². The van der Waals surface area contributed by atoms with E-state index < -0.39 is 11.9 Å². The van der Waals surface area contributed by atoms with Gasteiger partial charge in [0.05, 0.1) is 17.8 Å². The highest BCUT2D eigenvalue weighted by molar-refractivity contribution is 6.05. The Balaban J connectivity index is 2.12. The molecule has 1 fully saturated rings. The first kappa shape index (κ1) is 15.7. The molecule has 1 heterocycles. The molecule has 1 unspecified atom stereocenters. The van der Waals surface area contributed by atoms with Crippen LogP contribution in [0.5, 0.6) is 0 Å². The van der Waals surface area contributed by atoms with E-state index in [2.05, 4.69) is 0 Å². The van der Waals surface area contributed by atoms with Gasteiger partial charge < -0.3 is 5.11 Å². The number of carboxylic acids is 1. The second kappa shape index (κ2) is 5.62. The van der Waals surface area contributed by atoms with Crippen LogP contribution in [-0.4, -0.2) is 34.3 Å². The lowest BCUT2D eigenvalue weighted by Gasteiger charge is -2.26. The van der Waals surface area contributed by atoms with Crippen molar-refractivity contribution in [2.75, 3.05) is 6.54 Å². The maximum Gasteiger partial charge on any atom is 0.308 e. The van der Waals surface area contributed by atoms with Crippen LogP contribution in [0.4, 0.5) is 0 Å². The number of amides is 2. The molecule has 1 aliphatic carbocycles. The van der Waals surface area contributed by atoms with E-state index >= 15 is 0 Å². The fourth-order valence-corrected chi connectivity index (χ4v) is 3.24. The maximum atomic E-state index is 12.4. The number of hydrogen-bond acceptors (Lipinski definition) is 3. The third kappa shape index (κ3) is 3.34. The first-order valence-corrected chi connectivity index (χ1v) is 7.44. The van der Waals surface area contributed by atoms with Crippen LogP contribution in [0.15, 0.2) is 12.2 Å². The molecule has 21 heavy (non-hydrogen) atoms. The number of carboxylic acid groups (broad SMARTS) is 1. The predicted octanol–water partition coefficient (Wildman–Crippen LogP) is 2.07. The van der Waals surface area contributed by atoms with Crippen molar-refractivity contribution in [2.45, 2.75) is 40.0 Å². The normalized spacial score (nSPS) is 26.9. The van der Waals surface area contributed by atoms with E-state index in [1.807, 2.05) is 32.9 Å². The fraction of sp³-hybridized carbons (Fsp3) is 0.688. The molecule has 0 bridgehead atoms. The van der Waals surface area contributed by atoms with Crippen molar-refractivity contribution in [3.8, 4) is 0 Å². The van der Waals surface area contributed by atoms with E-state index in [4.69, 9.17) is 0 Å². The van der Waals surface area contributed by atoms with E-state index in [0.29, 0.717) is 19.3 Å². The number of allylic oxidation sites excluding steroid dienone is 2. The number of carbonyl (C=O) groups excluding carboxylic acids is 2. The minimum absolute atomic E-state index is 0.00271. The summed E-state index contributed by atoms with van der Waals surface area (Å²) in [6, 6.07) is 0. The molecule has 5 nitrogen and oxygen atoms in total. The Kier molecular flexibility index (Phi) is 4.21. The number of nitrogens with zero attached hydrogens (tertiary/aromatic N) is 1. The lowest BCUT2D eigenvalue weighted by Crippen LogP contribution is -2.39. The predicted molar refractivity (Wildman–Crippen MR) is 77.3 cm³/mol. The van der Waals surface area contributed by atoms with Gasteiger partial charge in [0, 0.05) is 6.54 Å². The third-order valence-electron chi connectivity index (χ3n) is 4.21. The van der Waals surface area contributed by atoms with Crippen molar-refractivity contribution in [3.05, 3.63) is 12.2 Å². The Bertz CT molecular complexity index is 463. The summed E-state index contributed by atoms with van der Waals surface area (Å²) in [7, 11) is 0. The molecule has 1 N–H and O–H groups in total. The highest BCUT2D eigenvalue weighted by Gasteiger charge is 2.48. The van der Waals surface area contributed by atoms with Crippen LogP contribution in [0, 0.1) is 23.2 Å². The molecule has 2 rings (SSSR count). The summed E-state index contributed by atoms with van der Waals surface area (Å²) in [5.74, 6) is -2.62. The molecule has 2 amide bonds. The average molecular weight is 293 g/mol. The lowest BCUT2D eigenvalue weighted by molar-refractivity contribution is -0.147. The second-order valence-corrected chi connectivity index (χ2v) is 7.24. The largest absolute Gasteiger partial charge is 0.481 e. The van der Waals surface area contributed by atoms with Gasteiger partial charge in [0.2, 0.25) is 11.8 Å². The van der Waals surface area contributed by atoms with Crippen molar-refractivity contribution in [3.63, 3.8) is 0 Å². The van der Waals surface area contributed by atoms with Crippen LogP contribution >= 0.6 is 0 Å². The van der Waals surface area contributed by atoms with Gasteiger partial charge in [-0.1, -0.05) is 32.9 Å². The number of hydrogen-bond donors (Lipinski definition) is 1. The van der Waals surface area contributed by atoms with Gasteiger partial charge in [-0.15, -0.1) is 0 Å². The van der Waals surface area contributed by atoms with Gasteiger partial charge in [-0.25, -0.2) is 0 Å². The summed E-state index contributed by atoms with van der Waals surface area (Å²) in [4.78, 5) is 37.3. The van der Waals surface area contributed by atoms with Gasteiger partial charge in [0.15, 0.2) is 0 Å². The molecule has 0 aromatic heterocycles. The average Bonchev–Trinajstić information content (AvgIpc) is 2.62. The van der Waals surface area contributed by atoms with E-state index in [-0.39, 0.29) is 35.6 Å². The summed E-state index contributed by atoms with van der Waals surface area (Å²) in [5.41, 5.74) is -0.164. The Morgan fingerprint density at radius 2 is 1.71 bits per heavy atom. The standard InChI is InChI=1S/C16H23NO4/c1-16(2,3)8-10(15(20)21)9-17-13(18)11-6-4-5-7-12(11)14(17)19/h4-5,10-12H,6-9H2,1-3H3,(H,20,21)/t10?,11-,12+. The molecular weight excluding hydrogens is 270 g/mol. The van der Waals surface area contributed by atoms with Gasteiger partial charge in [0.1, 0.15) is 0 Å². The first-order valence-electron chi connectivity index (χ1n) is 7.44. The van der Waals surface area contributed by atoms with E-state index in [0.717, 1.165) is 0 Å². The maximum absolute atomic E-state index is 12.4. The molecule has 1 aliphatic heterocycles. The van der Waals surface area contributed by atoms with E-state index in [1.54, 1.807) is 0 Å². The van der Waals surface area contributed by atoms with Crippen molar-refractivity contribution >= 4 is 17.8 Å². The Morgan fingerprint density at radius 1 is 1.24 bits per heavy atom. The van der Waals surface area contributed by atoms with E-state index in [1.165, 1.54) is 4.90 Å². The van der Waals surface area contributed by atoms with Crippen LogP contribution in [-0.2, 0) is 14.4 Å². The quantitative estimate of drug-likeness (QED) is 0.636. The zero-order valence-electron chi connectivity index (χ0n) is 12.8. The molecule has 0 spiro atoms. The van der Waals surface area contributed by atoms with Crippen molar-refractivity contribution in [2.24, 2.45) is 23.2 Å². The highest BCUT2D eigenvalue weighted by atomic mass is 16.4. The zero-order chi connectivity index (χ0) is 15.8. The SMILES string of the molecule is CC(C)(C)CC(CN1C(=O)[C@H]2CC=CC[C@H]2C1=O)C(=O)O. The van der Waals surface area contributed by atoms with Gasteiger partial charge in [-0.2, -0.15) is 0 Å². The van der Waals surface area contributed by atoms with Crippen LogP contribution in [0.1, 0.15) is 40.0 Å². The van der Waals surface area contributed by atoms with Crippen molar-refractivity contribution in [1.29, 1.82) is 0 Å². The third-order valence-corrected chi connectivity index (χ3v) is 4.21. The van der Waals surface area contributed by atoms with Crippen LogP contribution in [0.3, 0.4) is 0 Å². The van der Waals surface area contributed by atoms with Gasteiger partial charge in [-0.3, -0.25) is 19.3 Å². The summed E-state index contributed by atoms with van der Waals surface area (Å²) in [6.45, 7) is 5.87. The first-order chi connectivity index (χ1) is 9.70. The topological polar surface area (TPSA) is 74.7 Å². The van der Waals surface area contributed by atoms with Gasteiger partial charge >= 0.3 is 5.97 Å². The summed E-state index contributed by atoms with van der Waals surface area (Å²) < 4.78 is 0. The summed E-state index contributed by atoms with van der Waals surface area (Å²) in [5, 5.41) is 9.37. The minimum Gasteiger partial charge on any atom is -0.481 e. The number of imide groups is 1. The molecule has 116 valence electrons. The minimum atomic E-state index is -0.946. The molecule has 0 aromatic carbocycles. The molecular formula is C16H23NO4. The number of fused-ring (bicyclic) bond motifs is 1. The van der Waals surface area contributed by atoms with Crippen molar-refractivity contribution in [1.82, 2.24) is 4.90 Å². The fourth-order valence-electron chi connectivity index (χ4n) is 3.24.